The molecule has 0 radical (unpaired) electrons. The first-order valence-electron chi connectivity index (χ1n) is 7.65. The molecule has 0 aromatic heterocycles. The normalized spacial score (nSPS) is 13.0. The van der Waals surface area contributed by atoms with E-state index in [1.807, 2.05) is 0 Å². The van der Waals surface area contributed by atoms with Crippen LogP contribution in [0.2, 0.25) is 0 Å². The Morgan fingerprint density at radius 3 is 2.00 bits per heavy atom. The second-order valence-corrected chi connectivity index (χ2v) is 6.86. The molecule has 1 aromatic rings. The van der Waals surface area contributed by atoms with E-state index in [0.717, 1.165) is 5.41 Å². The topological polar surface area (TPSA) is 86.7 Å². The molecule has 0 bridgehead atoms. The first kappa shape index (κ1) is 19.9. The lowest BCUT2D eigenvalue weighted by Crippen LogP contribution is -2.32. The summed E-state index contributed by atoms with van der Waals surface area (Å²) in [5, 5.41) is 0.998. The molecule has 1 unspecified atom stereocenters. The molecular formula is C17H22O6S. The van der Waals surface area contributed by atoms with Gasteiger partial charge in [-0.1, -0.05) is 31.2 Å². The summed E-state index contributed by atoms with van der Waals surface area (Å²) >= 11 is 0. The van der Waals surface area contributed by atoms with E-state index in [1.54, 1.807) is 39.0 Å². The van der Waals surface area contributed by atoms with Crippen molar-refractivity contribution in [3.63, 3.8) is 0 Å². The lowest BCUT2D eigenvalue weighted by atomic mass is 9.94. The fourth-order valence-electron chi connectivity index (χ4n) is 2.02. The summed E-state index contributed by atoms with van der Waals surface area (Å²) in [4.78, 5) is 24.1. The van der Waals surface area contributed by atoms with Gasteiger partial charge in [0.05, 0.1) is 18.1 Å². The summed E-state index contributed by atoms with van der Waals surface area (Å²) in [5.74, 6) is -3.36. The highest BCUT2D eigenvalue weighted by Gasteiger charge is 2.34. The zero-order valence-corrected chi connectivity index (χ0v) is 14.8. The van der Waals surface area contributed by atoms with Crippen LogP contribution in [0.25, 0.3) is 0 Å². The number of carbonyl (C=O) groups is 2. The van der Waals surface area contributed by atoms with Gasteiger partial charge in [-0.2, -0.15) is 0 Å². The van der Waals surface area contributed by atoms with Crippen molar-refractivity contribution in [3.8, 4) is 0 Å². The zero-order chi connectivity index (χ0) is 18.2. The molecule has 0 aliphatic carbocycles. The maximum atomic E-state index is 12.2. The Bertz CT molecular complexity index is 660. The van der Waals surface area contributed by atoms with E-state index < -0.39 is 33.6 Å². The van der Waals surface area contributed by atoms with Gasteiger partial charge in [-0.25, -0.2) is 8.42 Å². The largest absolute Gasteiger partial charge is 0.465 e. The van der Waals surface area contributed by atoms with Crippen LogP contribution in [0.3, 0.4) is 0 Å². The van der Waals surface area contributed by atoms with Crippen molar-refractivity contribution in [3.05, 3.63) is 41.8 Å². The van der Waals surface area contributed by atoms with Crippen LogP contribution < -0.4 is 0 Å². The average molecular weight is 354 g/mol. The summed E-state index contributed by atoms with van der Waals surface area (Å²) in [6.07, 6.45) is 1.31. The third-order valence-corrected chi connectivity index (χ3v) is 4.68. The van der Waals surface area contributed by atoms with Crippen LogP contribution in [0.4, 0.5) is 0 Å². The maximum Gasteiger partial charge on any atom is 0.320 e. The van der Waals surface area contributed by atoms with Crippen LogP contribution in [0.15, 0.2) is 46.7 Å². The van der Waals surface area contributed by atoms with Crippen molar-refractivity contribution < 1.29 is 27.5 Å². The lowest BCUT2D eigenvalue weighted by molar-refractivity contribution is -0.163. The van der Waals surface area contributed by atoms with Crippen molar-refractivity contribution in [1.82, 2.24) is 0 Å². The number of benzene rings is 1. The van der Waals surface area contributed by atoms with Gasteiger partial charge in [-0.05, 0) is 31.9 Å². The molecule has 0 heterocycles. The fraction of sp³-hybridized carbons (Fsp3) is 0.412. The number of hydrogen-bond donors (Lipinski definition) is 0. The minimum atomic E-state index is -3.65. The number of sulfone groups is 1. The van der Waals surface area contributed by atoms with E-state index in [2.05, 4.69) is 0 Å². The first-order chi connectivity index (χ1) is 11.3. The summed E-state index contributed by atoms with van der Waals surface area (Å²) in [7, 11) is -3.65. The fourth-order valence-corrected chi connectivity index (χ4v) is 3.17. The van der Waals surface area contributed by atoms with Crippen LogP contribution in [-0.4, -0.2) is 33.6 Å². The van der Waals surface area contributed by atoms with Crippen molar-refractivity contribution in [2.45, 2.75) is 25.7 Å². The smallest absolute Gasteiger partial charge is 0.320 e. The highest BCUT2D eigenvalue weighted by molar-refractivity contribution is 7.94. The number of hydrogen-bond acceptors (Lipinski definition) is 6. The molecule has 0 amide bonds. The summed E-state index contributed by atoms with van der Waals surface area (Å²) in [6, 6.07) is 7.88. The Morgan fingerprint density at radius 1 is 1.04 bits per heavy atom. The molecule has 0 aliphatic rings. The van der Waals surface area contributed by atoms with Gasteiger partial charge in [-0.15, -0.1) is 0 Å². The standard InChI is InChI=1S/C17H22O6S/c1-4-22-16(18)15(17(19)23-5-2)13(3)11-12-24(20,21)14-9-7-6-8-10-14/h6-13,15H,4-5H2,1-3H3/b12-11+. The van der Waals surface area contributed by atoms with E-state index in [4.69, 9.17) is 9.47 Å². The number of rotatable bonds is 8. The van der Waals surface area contributed by atoms with Crippen molar-refractivity contribution in [2.24, 2.45) is 11.8 Å². The molecule has 0 saturated carbocycles. The molecule has 132 valence electrons. The molecule has 6 nitrogen and oxygen atoms in total. The van der Waals surface area contributed by atoms with Gasteiger partial charge in [0.15, 0.2) is 15.8 Å². The lowest BCUT2D eigenvalue weighted by Gasteiger charge is -2.18. The second kappa shape index (κ2) is 9.22. The zero-order valence-electron chi connectivity index (χ0n) is 14.0. The van der Waals surface area contributed by atoms with Gasteiger partial charge in [0.2, 0.25) is 0 Å². The van der Waals surface area contributed by atoms with E-state index in [-0.39, 0.29) is 18.1 Å². The van der Waals surface area contributed by atoms with Crippen molar-refractivity contribution >= 4 is 21.8 Å². The Balaban J connectivity index is 3.00. The van der Waals surface area contributed by atoms with Crippen molar-refractivity contribution in [2.75, 3.05) is 13.2 Å². The highest BCUT2D eigenvalue weighted by atomic mass is 32.2. The SMILES string of the molecule is CCOC(=O)C(C(=O)OCC)C(C)/C=C/S(=O)(=O)c1ccccc1. The summed E-state index contributed by atoms with van der Waals surface area (Å²) < 4.78 is 34.2. The van der Waals surface area contributed by atoms with Crippen LogP contribution in [-0.2, 0) is 28.9 Å². The van der Waals surface area contributed by atoms with Gasteiger partial charge < -0.3 is 9.47 Å². The number of ether oxygens (including phenoxy) is 2. The highest BCUT2D eigenvalue weighted by Crippen LogP contribution is 2.20. The quantitative estimate of drug-likeness (QED) is 0.526. The molecule has 7 heteroatoms. The molecule has 0 spiro atoms. The van der Waals surface area contributed by atoms with Crippen LogP contribution in [0, 0.1) is 11.8 Å². The molecule has 1 aromatic carbocycles. The Morgan fingerprint density at radius 2 is 1.54 bits per heavy atom. The van der Waals surface area contributed by atoms with E-state index in [1.165, 1.54) is 18.2 Å². The van der Waals surface area contributed by atoms with Gasteiger partial charge in [0.25, 0.3) is 0 Å². The minimum Gasteiger partial charge on any atom is -0.465 e. The predicted molar refractivity (Wildman–Crippen MR) is 88.7 cm³/mol. The first-order valence-corrected chi connectivity index (χ1v) is 9.19. The van der Waals surface area contributed by atoms with Gasteiger partial charge in [0, 0.05) is 5.41 Å². The average Bonchev–Trinajstić information content (AvgIpc) is 2.54. The third-order valence-electron chi connectivity index (χ3n) is 3.24. The molecule has 0 N–H and O–H groups in total. The van der Waals surface area contributed by atoms with Gasteiger partial charge in [0.1, 0.15) is 0 Å². The van der Waals surface area contributed by atoms with E-state index in [9.17, 15) is 18.0 Å². The molecule has 0 fully saturated rings. The molecule has 1 atom stereocenters. The van der Waals surface area contributed by atoms with E-state index >= 15 is 0 Å². The van der Waals surface area contributed by atoms with Gasteiger partial charge in [-0.3, -0.25) is 9.59 Å². The number of carbonyl (C=O) groups excluding carboxylic acids is 2. The number of allylic oxidation sites excluding steroid dienone is 1. The Labute approximate surface area is 142 Å². The molecular weight excluding hydrogens is 332 g/mol. The molecule has 24 heavy (non-hydrogen) atoms. The third kappa shape index (κ3) is 5.49. The predicted octanol–water partition coefficient (Wildman–Crippen LogP) is 2.35. The molecule has 0 saturated heterocycles. The summed E-state index contributed by atoms with van der Waals surface area (Å²) in [6.45, 7) is 5.05. The molecule has 1 rings (SSSR count). The second-order valence-electron chi connectivity index (χ2n) is 5.03. The van der Waals surface area contributed by atoms with Crippen LogP contribution in [0.5, 0.6) is 0 Å². The summed E-state index contributed by atoms with van der Waals surface area (Å²) in [5.41, 5.74) is 0. The molecule has 0 aliphatic heterocycles. The van der Waals surface area contributed by atoms with Crippen LogP contribution >= 0.6 is 0 Å². The van der Waals surface area contributed by atoms with Crippen LogP contribution in [0.1, 0.15) is 20.8 Å². The van der Waals surface area contributed by atoms with Crippen molar-refractivity contribution in [1.29, 1.82) is 0 Å². The minimum absolute atomic E-state index is 0.119. The maximum absolute atomic E-state index is 12.2. The Hall–Kier alpha value is -2.15. The van der Waals surface area contributed by atoms with E-state index in [0.29, 0.717) is 0 Å². The van der Waals surface area contributed by atoms with Gasteiger partial charge >= 0.3 is 11.9 Å². The number of esters is 2. The monoisotopic (exact) mass is 354 g/mol. The Kier molecular flexibility index (Phi) is 7.64.